The summed E-state index contributed by atoms with van der Waals surface area (Å²) >= 11 is 0. The molecule has 0 atom stereocenters. The minimum Gasteiger partial charge on any atom is -0.327 e. The molecule has 0 saturated carbocycles. The van der Waals surface area contributed by atoms with Crippen molar-refractivity contribution in [3.63, 3.8) is 0 Å². The van der Waals surface area contributed by atoms with Crippen molar-refractivity contribution < 1.29 is 4.39 Å². The normalized spacial score (nSPS) is 11.3. The summed E-state index contributed by atoms with van der Waals surface area (Å²) in [5.74, 6) is 1.39. The summed E-state index contributed by atoms with van der Waals surface area (Å²) < 4.78 is 17.7. The van der Waals surface area contributed by atoms with Crippen LogP contribution in [0.3, 0.4) is 0 Å². The Morgan fingerprint density at radius 3 is 2.84 bits per heavy atom. The van der Waals surface area contributed by atoms with Crippen LogP contribution < -0.4 is 0 Å². The van der Waals surface area contributed by atoms with E-state index in [9.17, 15) is 4.39 Å². The predicted molar refractivity (Wildman–Crippen MR) is 94.7 cm³/mol. The Kier molecular flexibility index (Phi) is 3.80. The molecule has 3 aromatic heterocycles. The first kappa shape index (κ1) is 15.5. The SMILES string of the molecule is CCn1c(Cn2ccnc2-c2cccc(F)c2)nc2cnc(C)cc21. The number of halogens is 1. The van der Waals surface area contributed by atoms with E-state index in [1.165, 1.54) is 12.1 Å². The molecular weight excluding hydrogens is 317 g/mol. The first-order valence-electron chi connectivity index (χ1n) is 8.24. The number of benzene rings is 1. The zero-order valence-corrected chi connectivity index (χ0v) is 14.1. The molecule has 6 heteroatoms. The van der Waals surface area contributed by atoms with Crippen LogP contribution in [0.1, 0.15) is 18.4 Å². The lowest BCUT2D eigenvalue weighted by atomic mass is 10.2. The summed E-state index contributed by atoms with van der Waals surface area (Å²) in [7, 11) is 0. The zero-order chi connectivity index (χ0) is 17.4. The highest BCUT2D eigenvalue weighted by atomic mass is 19.1. The van der Waals surface area contributed by atoms with Gasteiger partial charge in [-0.15, -0.1) is 0 Å². The van der Waals surface area contributed by atoms with E-state index in [-0.39, 0.29) is 5.82 Å². The summed E-state index contributed by atoms with van der Waals surface area (Å²) in [6, 6.07) is 8.53. The van der Waals surface area contributed by atoms with Crippen molar-refractivity contribution >= 4 is 11.0 Å². The second-order valence-corrected chi connectivity index (χ2v) is 5.98. The number of pyridine rings is 1. The lowest BCUT2D eigenvalue weighted by molar-refractivity contribution is 0.627. The monoisotopic (exact) mass is 335 g/mol. The van der Waals surface area contributed by atoms with Crippen molar-refractivity contribution in [2.45, 2.75) is 26.9 Å². The van der Waals surface area contributed by atoms with Gasteiger partial charge in [0.1, 0.15) is 23.0 Å². The maximum atomic E-state index is 13.6. The number of nitrogens with zero attached hydrogens (tertiary/aromatic N) is 5. The predicted octanol–water partition coefficient (Wildman–Crippen LogP) is 3.81. The van der Waals surface area contributed by atoms with E-state index < -0.39 is 0 Å². The highest BCUT2D eigenvalue weighted by Gasteiger charge is 2.13. The molecule has 0 N–H and O–H groups in total. The maximum Gasteiger partial charge on any atom is 0.140 e. The van der Waals surface area contributed by atoms with Crippen LogP contribution in [0, 0.1) is 12.7 Å². The molecule has 0 aliphatic carbocycles. The maximum absolute atomic E-state index is 13.6. The van der Waals surface area contributed by atoms with Crippen molar-refractivity contribution in [1.29, 1.82) is 0 Å². The third-order valence-electron chi connectivity index (χ3n) is 4.28. The molecule has 3 heterocycles. The van der Waals surface area contributed by atoms with Gasteiger partial charge in [0.05, 0.1) is 18.3 Å². The molecule has 0 aliphatic rings. The highest BCUT2D eigenvalue weighted by molar-refractivity contribution is 5.75. The van der Waals surface area contributed by atoms with Crippen molar-refractivity contribution in [2.24, 2.45) is 0 Å². The molecule has 126 valence electrons. The Bertz CT molecular complexity index is 1050. The molecule has 0 unspecified atom stereocenters. The van der Waals surface area contributed by atoms with Gasteiger partial charge in [0.2, 0.25) is 0 Å². The lowest BCUT2D eigenvalue weighted by Gasteiger charge is -2.10. The standard InChI is InChI=1S/C19H18FN5/c1-3-25-17-9-13(2)22-11-16(17)23-18(25)12-24-8-7-21-19(24)14-5-4-6-15(20)10-14/h4-11H,3,12H2,1-2H3. The van der Waals surface area contributed by atoms with Gasteiger partial charge in [-0.3, -0.25) is 4.98 Å². The van der Waals surface area contributed by atoms with E-state index in [4.69, 9.17) is 4.98 Å². The van der Waals surface area contributed by atoms with Crippen molar-refractivity contribution in [2.75, 3.05) is 0 Å². The Labute approximate surface area is 144 Å². The molecule has 1 aromatic carbocycles. The van der Waals surface area contributed by atoms with Gasteiger partial charge in [0.15, 0.2) is 0 Å². The second-order valence-electron chi connectivity index (χ2n) is 5.98. The fraction of sp³-hybridized carbons (Fsp3) is 0.211. The van der Waals surface area contributed by atoms with Gasteiger partial charge in [0.25, 0.3) is 0 Å². The van der Waals surface area contributed by atoms with Gasteiger partial charge in [0, 0.05) is 30.2 Å². The van der Waals surface area contributed by atoms with Crippen molar-refractivity contribution in [1.82, 2.24) is 24.1 Å². The average Bonchev–Trinajstić information content (AvgIpc) is 3.19. The fourth-order valence-electron chi connectivity index (χ4n) is 3.13. The zero-order valence-electron chi connectivity index (χ0n) is 14.1. The minimum absolute atomic E-state index is 0.269. The second kappa shape index (κ2) is 6.12. The van der Waals surface area contributed by atoms with Crippen LogP contribution in [0.25, 0.3) is 22.4 Å². The van der Waals surface area contributed by atoms with Gasteiger partial charge in [-0.25, -0.2) is 14.4 Å². The first-order chi connectivity index (χ1) is 12.2. The van der Waals surface area contributed by atoms with Crippen LogP contribution in [0.15, 0.2) is 48.9 Å². The molecule has 0 spiro atoms. The number of imidazole rings is 2. The lowest BCUT2D eigenvalue weighted by Crippen LogP contribution is -2.08. The van der Waals surface area contributed by atoms with E-state index in [0.717, 1.165) is 40.5 Å². The molecule has 25 heavy (non-hydrogen) atoms. The molecule has 4 aromatic rings. The van der Waals surface area contributed by atoms with Crippen LogP contribution in [-0.2, 0) is 13.1 Å². The van der Waals surface area contributed by atoms with E-state index >= 15 is 0 Å². The molecule has 0 amide bonds. The molecule has 0 fully saturated rings. The van der Waals surface area contributed by atoms with E-state index in [0.29, 0.717) is 6.54 Å². The number of fused-ring (bicyclic) bond motifs is 1. The molecule has 5 nitrogen and oxygen atoms in total. The van der Waals surface area contributed by atoms with Gasteiger partial charge in [-0.2, -0.15) is 0 Å². The summed E-state index contributed by atoms with van der Waals surface area (Å²) in [6.07, 6.45) is 5.43. The highest BCUT2D eigenvalue weighted by Crippen LogP contribution is 2.21. The van der Waals surface area contributed by atoms with E-state index in [2.05, 4.69) is 27.5 Å². The van der Waals surface area contributed by atoms with Gasteiger partial charge in [-0.05, 0) is 32.0 Å². The number of rotatable bonds is 4. The van der Waals surface area contributed by atoms with Gasteiger partial charge >= 0.3 is 0 Å². The molecule has 0 radical (unpaired) electrons. The Morgan fingerprint density at radius 1 is 1.16 bits per heavy atom. The Balaban J connectivity index is 1.77. The molecule has 0 saturated heterocycles. The van der Waals surface area contributed by atoms with Crippen LogP contribution >= 0.6 is 0 Å². The first-order valence-corrected chi connectivity index (χ1v) is 8.24. The summed E-state index contributed by atoms with van der Waals surface area (Å²) in [4.78, 5) is 13.5. The summed E-state index contributed by atoms with van der Waals surface area (Å²) in [5, 5.41) is 0. The largest absolute Gasteiger partial charge is 0.327 e. The Morgan fingerprint density at radius 2 is 2.04 bits per heavy atom. The topological polar surface area (TPSA) is 48.5 Å². The van der Waals surface area contributed by atoms with Gasteiger partial charge < -0.3 is 9.13 Å². The molecule has 0 aliphatic heterocycles. The number of hydrogen-bond acceptors (Lipinski definition) is 3. The average molecular weight is 335 g/mol. The van der Waals surface area contributed by atoms with Gasteiger partial charge in [-0.1, -0.05) is 12.1 Å². The smallest absolute Gasteiger partial charge is 0.140 e. The van der Waals surface area contributed by atoms with E-state index in [1.807, 2.05) is 30.0 Å². The number of aromatic nitrogens is 5. The summed E-state index contributed by atoms with van der Waals surface area (Å²) in [6.45, 7) is 5.46. The third-order valence-corrected chi connectivity index (χ3v) is 4.28. The van der Waals surface area contributed by atoms with Crippen molar-refractivity contribution in [3.05, 3.63) is 66.3 Å². The van der Waals surface area contributed by atoms with E-state index in [1.54, 1.807) is 12.3 Å². The Hall–Kier alpha value is -3.02. The minimum atomic E-state index is -0.269. The molecular formula is C19H18FN5. The molecule has 0 bridgehead atoms. The quantitative estimate of drug-likeness (QED) is 0.570. The summed E-state index contributed by atoms with van der Waals surface area (Å²) in [5.41, 5.74) is 3.69. The third kappa shape index (κ3) is 2.80. The number of aryl methyl sites for hydroxylation is 2. The van der Waals surface area contributed by atoms with Crippen LogP contribution in [0.5, 0.6) is 0 Å². The van der Waals surface area contributed by atoms with Crippen molar-refractivity contribution in [3.8, 4) is 11.4 Å². The van der Waals surface area contributed by atoms with Crippen LogP contribution in [0.4, 0.5) is 4.39 Å². The fourth-order valence-corrected chi connectivity index (χ4v) is 3.13. The number of hydrogen-bond donors (Lipinski definition) is 0. The van der Waals surface area contributed by atoms with Crippen LogP contribution in [-0.4, -0.2) is 24.1 Å². The van der Waals surface area contributed by atoms with Crippen LogP contribution in [0.2, 0.25) is 0 Å². The molecule has 4 rings (SSSR count).